The molecular formula is C10H11N3O5S. The highest BCUT2D eigenvalue weighted by Crippen LogP contribution is 2.28. The normalized spacial score (nSPS) is 26.2. The lowest BCUT2D eigenvalue weighted by Crippen LogP contribution is -2.31. The van der Waals surface area contributed by atoms with E-state index in [1.165, 1.54) is 16.8 Å². The Morgan fingerprint density at radius 2 is 2.47 bits per heavy atom. The molecule has 0 amide bonds. The van der Waals surface area contributed by atoms with Gasteiger partial charge in [0.1, 0.15) is 24.4 Å². The minimum absolute atomic E-state index is 0.0357. The van der Waals surface area contributed by atoms with E-state index in [9.17, 15) is 14.7 Å². The predicted octanol–water partition coefficient (Wildman–Crippen LogP) is -0.669. The van der Waals surface area contributed by atoms with Crippen molar-refractivity contribution in [1.82, 2.24) is 9.55 Å². The standard InChI is InChI=1S/C10H11N3O5S/c11-5-19-17-4-7-6(14)3-9(18-7)13-2-1-8(15)12-10(13)16/h1-2,6-7,9,14H,3-4H2,(H,12,15,16)/t6-,7+,9+/m0/s1. The van der Waals surface area contributed by atoms with E-state index in [2.05, 4.69) is 4.98 Å². The van der Waals surface area contributed by atoms with Gasteiger partial charge >= 0.3 is 5.69 Å². The van der Waals surface area contributed by atoms with Gasteiger partial charge in [0, 0.05) is 18.7 Å². The number of hydrogen-bond acceptors (Lipinski definition) is 7. The largest absolute Gasteiger partial charge is 0.390 e. The van der Waals surface area contributed by atoms with E-state index in [1.54, 1.807) is 5.40 Å². The number of aromatic nitrogens is 2. The second kappa shape index (κ2) is 6.03. The van der Waals surface area contributed by atoms with Crippen LogP contribution in [0.2, 0.25) is 0 Å². The lowest BCUT2D eigenvalue weighted by atomic mass is 10.2. The van der Waals surface area contributed by atoms with Gasteiger partial charge in [-0.2, -0.15) is 5.26 Å². The monoisotopic (exact) mass is 285 g/mol. The van der Waals surface area contributed by atoms with Gasteiger partial charge in [0.25, 0.3) is 5.56 Å². The Balaban J connectivity index is 2.06. The molecule has 0 aromatic carbocycles. The van der Waals surface area contributed by atoms with Crippen LogP contribution in [0.5, 0.6) is 0 Å². The van der Waals surface area contributed by atoms with Gasteiger partial charge in [-0.05, 0) is 0 Å². The Morgan fingerprint density at radius 1 is 1.68 bits per heavy atom. The summed E-state index contributed by atoms with van der Waals surface area (Å²) in [7, 11) is 0. The fraction of sp³-hybridized carbons (Fsp3) is 0.500. The van der Waals surface area contributed by atoms with Crippen LogP contribution in [0.3, 0.4) is 0 Å². The van der Waals surface area contributed by atoms with E-state index >= 15 is 0 Å². The van der Waals surface area contributed by atoms with Crippen molar-refractivity contribution in [3.8, 4) is 5.40 Å². The number of rotatable bonds is 4. The molecular weight excluding hydrogens is 274 g/mol. The molecule has 19 heavy (non-hydrogen) atoms. The maximum absolute atomic E-state index is 11.6. The number of ether oxygens (including phenoxy) is 1. The summed E-state index contributed by atoms with van der Waals surface area (Å²) in [5.41, 5.74) is -1.09. The molecule has 1 aromatic rings. The van der Waals surface area contributed by atoms with Crippen LogP contribution in [0.25, 0.3) is 0 Å². The molecule has 9 heteroatoms. The van der Waals surface area contributed by atoms with Crippen LogP contribution in [0.4, 0.5) is 0 Å². The van der Waals surface area contributed by atoms with Crippen LogP contribution < -0.4 is 11.2 Å². The van der Waals surface area contributed by atoms with Gasteiger partial charge in [-0.15, -0.1) is 0 Å². The zero-order chi connectivity index (χ0) is 13.8. The number of nitriles is 1. The molecule has 0 unspecified atom stereocenters. The highest BCUT2D eigenvalue weighted by molar-refractivity contribution is 7.99. The Bertz CT molecular complexity index is 592. The Morgan fingerprint density at radius 3 is 3.16 bits per heavy atom. The van der Waals surface area contributed by atoms with Crippen molar-refractivity contribution in [3.63, 3.8) is 0 Å². The van der Waals surface area contributed by atoms with Crippen molar-refractivity contribution in [1.29, 1.82) is 5.26 Å². The number of aliphatic hydroxyl groups is 1. The molecule has 8 nitrogen and oxygen atoms in total. The highest BCUT2D eigenvalue weighted by atomic mass is 32.2. The van der Waals surface area contributed by atoms with E-state index < -0.39 is 29.7 Å². The summed E-state index contributed by atoms with van der Waals surface area (Å²) in [4.78, 5) is 24.6. The Labute approximate surface area is 111 Å². The summed E-state index contributed by atoms with van der Waals surface area (Å²) >= 11 is 0.598. The number of thiocyanates is 1. The average Bonchev–Trinajstić information content (AvgIpc) is 2.71. The first-order valence-electron chi connectivity index (χ1n) is 5.44. The van der Waals surface area contributed by atoms with E-state index in [0.29, 0.717) is 12.0 Å². The fourth-order valence-electron chi connectivity index (χ4n) is 1.82. The van der Waals surface area contributed by atoms with Crippen LogP contribution in [0.1, 0.15) is 12.6 Å². The summed E-state index contributed by atoms with van der Waals surface area (Å²) in [6.45, 7) is 0.0357. The van der Waals surface area contributed by atoms with E-state index in [4.69, 9.17) is 14.2 Å². The van der Waals surface area contributed by atoms with Gasteiger partial charge in [-0.25, -0.2) is 4.79 Å². The average molecular weight is 285 g/mol. The molecule has 0 bridgehead atoms. The first-order chi connectivity index (χ1) is 9.11. The molecule has 2 N–H and O–H groups in total. The predicted molar refractivity (Wildman–Crippen MR) is 65.0 cm³/mol. The topological polar surface area (TPSA) is 117 Å². The number of aliphatic hydroxyl groups excluding tert-OH is 1. The summed E-state index contributed by atoms with van der Waals surface area (Å²) in [6.07, 6.45) is -0.573. The molecule has 1 aliphatic heterocycles. The summed E-state index contributed by atoms with van der Waals surface area (Å²) in [5.74, 6) is 0. The zero-order valence-electron chi connectivity index (χ0n) is 9.68. The van der Waals surface area contributed by atoms with Crippen molar-refractivity contribution in [2.75, 3.05) is 6.61 Å². The molecule has 2 rings (SSSR count). The van der Waals surface area contributed by atoms with Crippen molar-refractivity contribution in [3.05, 3.63) is 33.1 Å². The van der Waals surface area contributed by atoms with Crippen LogP contribution in [0.15, 0.2) is 21.9 Å². The molecule has 0 radical (unpaired) electrons. The van der Waals surface area contributed by atoms with Crippen molar-refractivity contribution in [2.45, 2.75) is 24.9 Å². The van der Waals surface area contributed by atoms with E-state index in [1.807, 2.05) is 0 Å². The number of nitrogens with zero attached hydrogens (tertiary/aromatic N) is 2. The maximum Gasteiger partial charge on any atom is 0.330 e. The van der Waals surface area contributed by atoms with Gasteiger partial charge in [0.05, 0.1) is 12.7 Å². The second-order valence-electron chi connectivity index (χ2n) is 3.91. The minimum Gasteiger partial charge on any atom is -0.390 e. The molecule has 102 valence electrons. The molecule has 3 atom stereocenters. The van der Waals surface area contributed by atoms with E-state index in [-0.39, 0.29) is 13.0 Å². The number of hydrogen-bond donors (Lipinski definition) is 2. The molecule has 0 saturated carbocycles. The lowest BCUT2D eigenvalue weighted by Gasteiger charge is -2.14. The van der Waals surface area contributed by atoms with Gasteiger partial charge in [0.15, 0.2) is 5.40 Å². The maximum atomic E-state index is 11.6. The van der Waals surface area contributed by atoms with Crippen molar-refractivity contribution >= 4 is 12.0 Å². The van der Waals surface area contributed by atoms with Gasteiger partial charge < -0.3 is 9.84 Å². The van der Waals surface area contributed by atoms with Crippen molar-refractivity contribution in [2.24, 2.45) is 0 Å². The molecule has 2 heterocycles. The van der Waals surface area contributed by atoms with E-state index in [0.717, 1.165) is 0 Å². The third-order valence-electron chi connectivity index (χ3n) is 2.69. The van der Waals surface area contributed by atoms with Gasteiger partial charge in [-0.1, -0.05) is 0 Å². The quantitative estimate of drug-likeness (QED) is 0.428. The van der Waals surface area contributed by atoms with Gasteiger partial charge in [-0.3, -0.25) is 18.5 Å². The minimum atomic E-state index is -0.803. The summed E-state index contributed by atoms with van der Waals surface area (Å²) in [5, 5.41) is 19.8. The number of H-pyrrole nitrogens is 1. The molecule has 1 saturated heterocycles. The smallest absolute Gasteiger partial charge is 0.330 e. The highest BCUT2D eigenvalue weighted by Gasteiger charge is 2.35. The molecule has 0 aliphatic carbocycles. The van der Waals surface area contributed by atoms with Crippen LogP contribution in [0, 0.1) is 10.7 Å². The Hall–Kier alpha value is -1.60. The van der Waals surface area contributed by atoms with Crippen LogP contribution in [-0.4, -0.2) is 33.5 Å². The summed E-state index contributed by atoms with van der Waals surface area (Å²) in [6, 6.07) is 1.20. The zero-order valence-corrected chi connectivity index (χ0v) is 10.5. The molecule has 1 fully saturated rings. The third kappa shape index (κ3) is 3.24. The number of aromatic amines is 1. The lowest BCUT2D eigenvalue weighted by molar-refractivity contribution is -0.0378. The molecule has 1 aliphatic rings. The fourth-order valence-corrected chi connectivity index (χ4v) is 2.07. The first-order valence-corrected chi connectivity index (χ1v) is 6.18. The first kappa shape index (κ1) is 13.8. The molecule has 1 aromatic heterocycles. The third-order valence-corrected chi connectivity index (χ3v) is 3.02. The summed E-state index contributed by atoms with van der Waals surface area (Å²) < 4.78 is 11.6. The van der Waals surface area contributed by atoms with Crippen LogP contribution in [-0.2, 0) is 8.92 Å². The SMILES string of the molecule is N#CSOC[C@H]1O[C@@H](n2ccc(=O)[nH]c2=O)C[C@@H]1O. The van der Waals surface area contributed by atoms with Crippen molar-refractivity contribution < 1.29 is 14.0 Å². The Kier molecular flexibility index (Phi) is 4.39. The molecule has 0 spiro atoms. The van der Waals surface area contributed by atoms with Crippen LogP contribution >= 0.6 is 12.0 Å². The number of nitrogens with one attached hydrogen (secondary N) is 1. The second-order valence-corrected chi connectivity index (χ2v) is 4.49. The van der Waals surface area contributed by atoms with Gasteiger partial charge in [0.2, 0.25) is 0 Å².